The van der Waals surface area contributed by atoms with Gasteiger partial charge in [-0.2, -0.15) is 0 Å². The lowest BCUT2D eigenvalue weighted by Crippen LogP contribution is -2.13. The molecule has 0 amide bonds. The second-order valence-electron chi connectivity index (χ2n) is 2.31. The molecule has 0 spiro atoms. The van der Waals surface area contributed by atoms with E-state index in [9.17, 15) is 0 Å². The fraction of sp³-hybridized carbons (Fsp3) is 0.143. The van der Waals surface area contributed by atoms with Crippen molar-refractivity contribution in [2.24, 2.45) is 5.73 Å². The minimum Gasteiger partial charge on any atom is -0.387 e. The third-order valence-electron chi connectivity index (χ3n) is 1.26. The van der Waals surface area contributed by atoms with Gasteiger partial charge in [0.15, 0.2) is 0 Å². The fourth-order valence-electron chi connectivity index (χ4n) is 0.794. The van der Waals surface area contributed by atoms with Crippen LogP contribution < -0.4 is 5.73 Å². The van der Waals surface area contributed by atoms with E-state index in [2.05, 4.69) is 20.9 Å². The average molecular weight is 249 g/mol. The first-order chi connectivity index (χ1) is 5.59. The standard InChI is InChI=1S/C7H7BrClN3/c8-5-1-4(2-6(10)11)7(9)12-3-5/h1,3H,2H2,(H3,10,11). The van der Waals surface area contributed by atoms with E-state index < -0.39 is 0 Å². The Hall–Kier alpha value is -0.610. The van der Waals surface area contributed by atoms with Crippen LogP contribution >= 0.6 is 27.5 Å². The lowest BCUT2D eigenvalue weighted by atomic mass is 10.2. The van der Waals surface area contributed by atoms with E-state index in [4.69, 9.17) is 22.7 Å². The molecule has 0 atom stereocenters. The van der Waals surface area contributed by atoms with Gasteiger partial charge in [-0.3, -0.25) is 5.41 Å². The van der Waals surface area contributed by atoms with Gasteiger partial charge in [0.1, 0.15) is 5.15 Å². The van der Waals surface area contributed by atoms with Crippen molar-refractivity contribution in [3.05, 3.63) is 27.5 Å². The van der Waals surface area contributed by atoms with E-state index in [1.165, 1.54) is 0 Å². The summed E-state index contributed by atoms with van der Waals surface area (Å²) in [5, 5.41) is 7.47. The summed E-state index contributed by atoms with van der Waals surface area (Å²) in [4.78, 5) is 3.90. The monoisotopic (exact) mass is 247 g/mol. The van der Waals surface area contributed by atoms with Crippen LogP contribution in [-0.4, -0.2) is 10.8 Å². The highest BCUT2D eigenvalue weighted by Crippen LogP contribution is 2.18. The lowest BCUT2D eigenvalue weighted by molar-refractivity contribution is 1.18. The van der Waals surface area contributed by atoms with Crippen LogP contribution in [0.5, 0.6) is 0 Å². The molecule has 0 aliphatic heterocycles. The summed E-state index contributed by atoms with van der Waals surface area (Å²) in [7, 11) is 0. The Morgan fingerprint density at radius 1 is 1.75 bits per heavy atom. The second kappa shape index (κ2) is 3.87. The van der Waals surface area contributed by atoms with Crippen molar-refractivity contribution in [1.82, 2.24) is 4.98 Å². The maximum absolute atomic E-state index is 7.07. The molecule has 0 saturated heterocycles. The first-order valence-electron chi connectivity index (χ1n) is 3.22. The van der Waals surface area contributed by atoms with Crippen LogP contribution in [0.1, 0.15) is 5.56 Å². The van der Waals surface area contributed by atoms with Crippen molar-refractivity contribution in [3.63, 3.8) is 0 Å². The van der Waals surface area contributed by atoms with Crippen LogP contribution in [0.25, 0.3) is 0 Å². The quantitative estimate of drug-likeness (QED) is 0.477. The number of hydrogen-bond acceptors (Lipinski definition) is 2. The van der Waals surface area contributed by atoms with Gasteiger partial charge in [-0.25, -0.2) is 4.98 Å². The smallest absolute Gasteiger partial charge is 0.132 e. The number of hydrogen-bond donors (Lipinski definition) is 2. The van der Waals surface area contributed by atoms with Crippen LogP contribution in [0.3, 0.4) is 0 Å². The molecule has 0 saturated carbocycles. The van der Waals surface area contributed by atoms with E-state index >= 15 is 0 Å². The minimum atomic E-state index is 0.0804. The number of rotatable bonds is 2. The van der Waals surface area contributed by atoms with Crippen molar-refractivity contribution in [2.45, 2.75) is 6.42 Å². The van der Waals surface area contributed by atoms with Crippen LogP contribution in [0.4, 0.5) is 0 Å². The lowest BCUT2D eigenvalue weighted by Gasteiger charge is -2.01. The average Bonchev–Trinajstić information content (AvgIpc) is 1.96. The Bertz CT molecular complexity index is 314. The van der Waals surface area contributed by atoms with Gasteiger partial charge in [-0.05, 0) is 27.6 Å². The molecular formula is C7H7BrClN3. The number of aromatic nitrogens is 1. The van der Waals surface area contributed by atoms with Gasteiger partial charge in [-0.1, -0.05) is 11.6 Å². The Labute approximate surface area is 83.6 Å². The first kappa shape index (κ1) is 9.48. The van der Waals surface area contributed by atoms with Crippen molar-refractivity contribution >= 4 is 33.4 Å². The molecule has 0 bridgehead atoms. The molecule has 0 fully saturated rings. The highest BCUT2D eigenvalue weighted by molar-refractivity contribution is 9.10. The zero-order valence-electron chi connectivity index (χ0n) is 6.14. The Kier molecular flexibility index (Phi) is 3.05. The van der Waals surface area contributed by atoms with E-state index in [1.807, 2.05) is 0 Å². The third-order valence-corrected chi connectivity index (χ3v) is 2.03. The number of amidine groups is 1. The van der Waals surface area contributed by atoms with E-state index in [0.717, 1.165) is 10.0 Å². The van der Waals surface area contributed by atoms with Crippen molar-refractivity contribution in [3.8, 4) is 0 Å². The second-order valence-corrected chi connectivity index (χ2v) is 3.58. The normalized spacial score (nSPS) is 9.83. The van der Waals surface area contributed by atoms with Gasteiger partial charge in [0.05, 0.1) is 5.84 Å². The number of nitrogens with two attached hydrogens (primary N) is 1. The summed E-state index contributed by atoms with van der Waals surface area (Å²) in [6.45, 7) is 0. The first-order valence-corrected chi connectivity index (χ1v) is 4.39. The van der Waals surface area contributed by atoms with E-state index in [0.29, 0.717) is 11.6 Å². The number of pyridine rings is 1. The predicted molar refractivity (Wildman–Crippen MR) is 52.6 cm³/mol. The van der Waals surface area contributed by atoms with Crippen LogP contribution in [0, 0.1) is 5.41 Å². The van der Waals surface area contributed by atoms with Crippen LogP contribution in [0.15, 0.2) is 16.7 Å². The fourth-order valence-corrected chi connectivity index (χ4v) is 1.34. The molecule has 0 aliphatic rings. The molecule has 0 unspecified atom stereocenters. The van der Waals surface area contributed by atoms with Crippen molar-refractivity contribution < 1.29 is 0 Å². The number of nitrogens with zero attached hydrogens (tertiary/aromatic N) is 1. The van der Waals surface area contributed by atoms with Gasteiger partial charge in [0, 0.05) is 17.1 Å². The summed E-state index contributed by atoms with van der Waals surface area (Å²) in [5.74, 6) is 0.0804. The van der Waals surface area contributed by atoms with Gasteiger partial charge in [0.2, 0.25) is 0 Å². The molecule has 3 N–H and O–H groups in total. The van der Waals surface area contributed by atoms with E-state index in [-0.39, 0.29) is 5.84 Å². The summed E-state index contributed by atoms with van der Waals surface area (Å²) >= 11 is 9.01. The third kappa shape index (κ3) is 2.46. The van der Waals surface area contributed by atoms with Gasteiger partial charge < -0.3 is 5.73 Å². The summed E-state index contributed by atoms with van der Waals surface area (Å²) in [6.07, 6.45) is 1.94. The number of nitrogens with one attached hydrogen (secondary N) is 1. The number of halogens is 2. The highest BCUT2D eigenvalue weighted by atomic mass is 79.9. The minimum absolute atomic E-state index is 0.0804. The predicted octanol–water partition coefficient (Wildman–Crippen LogP) is 1.98. The molecule has 1 aromatic heterocycles. The van der Waals surface area contributed by atoms with Gasteiger partial charge >= 0.3 is 0 Å². The largest absolute Gasteiger partial charge is 0.387 e. The maximum Gasteiger partial charge on any atom is 0.132 e. The van der Waals surface area contributed by atoms with Crippen LogP contribution in [0.2, 0.25) is 5.15 Å². The van der Waals surface area contributed by atoms with Crippen molar-refractivity contribution in [2.75, 3.05) is 0 Å². The molecule has 12 heavy (non-hydrogen) atoms. The molecule has 0 aliphatic carbocycles. The Balaban J connectivity index is 2.97. The molecule has 3 nitrogen and oxygen atoms in total. The Morgan fingerprint density at radius 2 is 2.42 bits per heavy atom. The molecule has 1 rings (SSSR count). The Morgan fingerprint density at radius 3 is 3.00 bits per heavy atom. The molecule has 64 valence electrons. The van der Waals surface area contributed by atoms with Gasteiger partial charge in [0.25, 0.3) is 0 Å². The van der Waals surface area contributed by atoms with Crippen molar-refractivity contribution in [1.29, 1.82) is 5.41 Å². The highest BCUT2D eigenvalue weighted by Gasteiger charge is 2.03. The molecule has 0 radical (unpaired) electrons. The van der Waals surface area contributed by atoms with Gasteiger partial charge in [-0.15, -0.1) is 0 Å². The molecule has 0 aromatic carbocycles. The molecule has 5 heteroatoms. The van der Waals surface area contributed by atoms with Crippen LogP contribution in [-0.2, 0) is 6.42 Å². The summed E-state index contributed by atoms with van der Waals surface area (Å²) in [6, 6.07) is 1.80. The van der Waals surface area contributed by atoms with E-state index in [1.54, 1.807) is 12.3 Å². The maximum atomic E-state index is 7.07. The SMILES string of the molecule is N=C(N)Cc1cc(Br)cnc1Cl. The molecule has 1 heterocycles. The zero-order valence-corrected chi connectivity index (χ0v) is 8.48. The summed E-state index contributed by atoms with van der Waals surface area (Å²) < 4.78 is 0.836. The topological polar surface area (TPSA) is 62.8 Å². The summed E-state index contributed by atoms with van der Waals surface area (Å²) in [5.41, 5.74) is 5.99. The zero-order chi connectivity index (χ0) is 9.14. The molecular weight excluding hydrogens is 241 g/mol. The molecule has 1 aromatic rings.